The highest BCUT2D eigenvalue weighted by molar-refractivity contribution is 9.10. The molecule has 0 unspecified atom stereocenters. The van der Waals surface area contributed by atoms with E-state index in [-0.39, 0.29) is 80.7 Å². The molecule has 0 bridgehead atoms. The topological polar surface area (TPSA) is 343 Å². The van der Waals surface area contributed by atoms with E-state index in [1.165, 1.54) is 36.0 Å². The number of aliphatic hydroxyl groups is 3. The lowest BCUT2D eigenvalue weighted by molar-refractivity contribution is 0.0949. The molecule has 0 atom stereocenters. The summed E-state index contributed by atoms with van der Waals surface area (Å²) in [6, 6.07) is 31.9. The summed E-state index contributed by atoms with van der Waals surface area (Å²) in [5.41, 5.74) is 8.93. The molecule has 0 saturated heterocycles. The first-order chi connectivity index (χ1) is 46.3. The van der Waals surface area contributed by atoms with Crippen molar-refractivity contribution in [2.45, 2.75) is 75.5 Å². The third kappa shape index (κ3) is 15.9. The average Bonchev–Trinajstić information content (AvgIpc) is 1.62. The van der Waals surface area contributed by atoms with E-state index in [1.54, 1.807) is 80.1 Å². The van der Waals surface area contributed by atoms with E-state index in [9.17, 15) is 60.1 Å². The predicted molar refractivity (Wildman–Crippen MR) is 377 cm³/mol. The zero-order valence-electron chi connectivity index (χ0n) is 54.7. The number of anilines is 3. The minimum absolute atomic E-state index is 0.0953. The monoisotopic (exact) mass is 1450 g/mol. The van der Waals surface area contributed by atoms with Crippen LogP contribution in [0, 0.1) is 0 Å². The van der Waals surface area contributed by atoms with Crippen molar-refractivity contribution in [2.75, 3.05) is 99.4 Å². The Hall–Kier alpha value is -8.65. The van der Waals surface area contributed by atoms with Crippen LogP contribution >= 0.6 is 15.9 Å². The van der Waals surface area contributed by atoms with Gasteiger partial charge in [-0.3, -0.25) is 27.3 Å². The summed E-state index contributed by atoms with van der Waals surface area (Å²) in [5, 5.41) is 61.4. The summed E-state index contributed by atoms with van der Waals surface area (Å²) in [6.45, 7) is 0.162. The van der Waals surface area contributed by atoms with Gasteiger partial charge in [-0.05, 0) is 201 Å². The van der Waals surface area contributed by atoms with Gasteiger partial charge in [-0.25, -0.2) is 39.3 Å². The number of nitrogens with one attached hydrogen (secondary N) is 3. The van der Waals surface area contributed by atoms with E-state index in [1.807, 2.05) is 54.6 Å². The van der Waals surface area contributed by atoms with E-state index in [0.29, 0.717) is 103 Å². The maximum absolute atomic E-state index is 12.9. The Morgan fingerprint density at radius 3 is 1.01 bits per heavy atom. The maximum atomic E-state index is 12.9. The van der Waals surface area contributed by atoms with Crippen LogP contribution in [0.15, 0.2) is 114 Å². The number of rotatable bonds is 25. The standard InChI is InChI=1S/C23H28N4O5S.C22H25BrN4O4S.C22H26N4O5S/c1-24-23(29)22-19-13-18(15-5-6-15)21(26(11-4-12-28)33(3,30)31)14-20(19)25-27(22)16-7-9-17(32-2)10-8-16;1-24-22(29)21-18-12-17(14-4-5-14)20(26(10-3-11-28)32(2,30)31)13-19(18)25-27(21)16-8-6-15(23)7-9-16;1-23-22(29)21-18-12-17(14-4-5-14)20(25(10-3-11-27)32(2,30)31)13-19(18)24-26(21)15-6-8-16(28)9-7-15/h7-10,13-15,28H,4-6,11-12H2,1-3H3,(H,24,29);6-9,12-14,28H,3-5,10-11H2,1-2H3,(H,24,29);6-9,12-14,27-28H,3-5,10-11H2,1-2H3,(H,23,29). The SMILES string of the molecule is CNC(=O)c1c2cc(C3CC3)c(N(CCCO)S(C)(=O)=O)cc2nn1-c1ccc(Br)cc1.CNC(=O)c1c2cc(C3CC3)c(N(CCCO)S(C)(=O)=O)cc2nn1-c1ccc(O)cc1.CNC(=O)c1c2cc(C3CC3)c(N(CCCO)S(C)(=O)=O)cc2nn1-c1ccc(OC)cc1. The molecule has 3 heterocycles. The van der Waals surface area contributed by atoms with E-state index in [0.717, 1.165) is 77.9 Å². The van der Waals surface area contributed by atoms with Crippen molar-refractivity contribution in [3.05, 3.63) is 147 Å². The van der Waals surface area contributed by atoms with E-state index in [2.05, 4.69) is 47.2 Å². The minimum Gasteiger partial charge on any atom is -0.508 e. The van der Waals surface area contributed by atoms with Crippen molar-refractivity contribution in [1.82, 2.24) is 45.3 Å². The second-order valence-electron chi connectivity index (χ2n) is 24.1. The summed E-state index contributed by atoms with van der Waals surface area (Å²) in [5.74, 6) is 0.567. The molecular weight excluding hydrogens is 1370 g/mol. The number of aliphatic hydroxyl groups excluding tert-OH is 3. The fourth-order valence-corrected chi connectivity index (χ4v) is 14.9. The van der Waals surface area contributed by atoms with Crippen LogP contribution < -0.4 is 33.6 Å². The molecule has 0 aliphatic heterocycles. The smallest absolute Gasteiger partial charge is 0.270 e. The number of hydrogen-bond donors (Lipinski definition) is 7. The molecule has 12 rings (SSSR count). The Morgan fingerprint density at radius 1 is 0.485 bits per heavy atom. The Balaban J connectivity index is 0.000000158. The van der Waals surface area contributed by atoms with Crippen LogP contribution in [0.5, 0.6) is 11.5 Å². The van der Waals surface area contributed by atoms with Crippen LogP contribution in [0.2, 0.25) is 0 Å². The highest BCUT2D eigenvalue weighted by Crippen LogP contribution is 2.50. The molecule has 6 aromatic carbocycles. The van der Waals surface area contributed by atoms with Crippen LogP contribution in [-0.2, 0) is 30.1 Å². The summed E-state index contributed by atoms with van der Waals surface area (Å²) in [7, 11) is -4.47. The number of aromatic hydroxyl groups is 1. The zero-order valence-corrected chi connectivity index (χ0v) is 58.8. The number of ether oxygens (including phenoxy) is 1. The number of fused-ring (bicyclic) bond motifs is 3. The minimum atomic E-state index is -3.59. The quantitative estimate of drug-likeness (QED) is 0.0288. The van der Waals surface area contributed by atoms with Crippen molar-refractivity contribution >= 4 is 113 Å². The number of carbonyl (C=O) groups is 3. The van der Waals surface area contributed by atoms with Crippen molar-refractivity contribution in [2.24, 2.45) is 0 Å². The van der Waals surface area contributed by atoms with E-state index < -0.39 is 30.1 Å². The number of aromatic nitrogens is 6. The third-order valence-corrected chi connectivity index (χ3v) is 21.0. The van der Waals surface area contributed by atoms with Gasteiger partial charge in [-0.1, -0.05) is 15.9 Å². The Labute approximate surface area is 571 Å². The van der Waals surface area contributed by atoms with Gasteiger partial charge in [0, 0.05) is 81.2 Å². The molecular formula is C67H79BrN12O14S3. The Kier molecular flexibility index (Phi) is 21.7. The number of benzene rings is 6. The number of halogens is 1. The average molecular weight is 1450 g/mol. The highest BCUT2D eigenvalue weighted by Gasteiger charge is 2.36. The summed E-state index contributed by atoms with van der Waals surface area (Å²) in [6.07, 6.45) is 10.2. The number of hydrogen-bond acceptors (Lipinski definition) is 17. The lowest BCUT2D eigenvalue weighted by atomic mass is 10.0. The lowest BCUT2D eigenvalue weighted by Gasteiger charge is -2.25. The number of methoxy groups -OCH3 is 1. The first-order valence-electron chi connectivity index (χ1n) is 31.6. The lowest BCUT2D eigenvalue weighted by Crippen LogP contribution is -2.32. The number of amides is 3. The van der Waals surface area contributed by atoms with Crippen molar-refractivity contribution in [1.29, 1.82) is 0 Å². The number of phenols is 1. The van der Waals surface area contributed by atoms with Crippen molar-refractivity contribution in [3.63, 3.8) is 0 Å². The van der Waals surface area contributed by atoms with Crippen LogP contribution in [0.25, 0.3) is 49.8 Å². The van der Waals surface area contributed by atoms with Gasteiger partial charge in [0.2, 0.25) is 30.1 Å². The molecule has 3 aromatic heterocycles. The van der Waals surface area contributed by atoms with Crippen molar-refractivity contribution < 1.29 is 64.8 Å². The van der Waals surface area contributed by atoms with Crippen LogP contribution in [-0.4, -0.2) is 179 Å². The molecule has 7 N–H and O–H groups in total. The fraction of sp³-hybridized carbons (Fsp3) is 0.373. The summed E-state index contributed by atoms with van der Waals surface area (Å²) >= 11 is 3.42. The summed E-state index contributed by atoms with van der Waals surface area (Å²) < 4.78 is 90.4. The molecule has 3 aliphatic carbocycles. The molecule has 97 heavy (non-hydrogen) atoms. The van der Waals surface area contributed by atoms with Gasteiger partial charge in [-0.15, -0.1) is 0 Å². The molecule has 516 valence electrons. The molecule has 9 aromatic rings. The molecule has 0 radical (unpaired) electrons. The van der Waals surface area contributed by atoms with Gasteiger partial charge in [0.05, 0.1) is 76.6 Å². The van der Waals surface area contributed by atoms with Crippen LogP contribution in [0.4, 0.5) is 17.1 Å². The van der Waals surface area contributed by atoms with Gasteiger partial charge in [-0.2, -0.15) is 15.3 Å². The number of phenolic OH excluding ortho intramolecular Hbond substituents is 1. The Morgan fingerprint density at radius 2 is 0.763 bits per heavy atom. The number of carbonyl (C=O) groups excluding carboxylic acids is 3. The number of sulfonamides is 3. The van der Waals surface area contributed by atoms with Gasteiger partial charge in [0.25, 0.3) is 17.7 Å². The molecule has 3 saturated carbocycles. The molecule has 0 spiro atoms. The van der Waals surface area contributed by atoms with E-state index >= 15 is 0 Å². The predicted octanol–water partition coefficient (Wildman–Crippen LogP) is 7.71. The molecule has 3 fully saturated rings. The second-order valence-corrected chi connectivity index (χ2v) is 30.7. The fourth-order valence-electron chi connectivity index (χ4n) is 11.7. The molecule has 3 aliphatic rings. The first-order valence-corrected chi connectivity index (χ1v) is 37.9. The van der Waals surface area contributed by atoms with Gasteiger partial charge >= 0.3 is 0 Å². The third-order valence-electron chi connectivity index (χ3n) is 16.9. The largest absolute Gasteiger partial charge is 0.508 e. The van der Waals surface area contributed by atoms with Gasteiger partial charge in [0.1, 0.15) is 28.6 Å². The first kappa shape index (κ1) is 71.1. The summed E-state index contributed by atoms with van der Waals surface area (Å²) in [4.78, 5) is 38.6. The second kappa shape index (κ2) is 29.6. The van der Waals surface area contributed by atoms with Crippen LogP contribution in [0.3, 0.4) is 0 Å². The molecule has 26 nitrogen and oxygen atoms in total. The normalized spacial score (nSPS) is 13.9. The molecule has 3 amide bonds. The number of nitrogens with zero attached hydrogens (tertiary/aromatic N) is 9. The van der Waals surface area contributed by atoms with Crippen molar-refractivity contribution in [3.8, 4) is 28.6 Å². The van der Waals surface area contributed by atoms with E-state index in [4.69, 9.17) is 4.74 Å². The van der Waals surface area contributed by atoms with Gasteiger partial charge in [0.15, 0.2) is 0 Å². The zero-order chi connectivity index (χ0) is 69.8. The Bertz CT molecular complexity index is 4570. The van der Waals surface area contributed by atoms with Crippen LogP contribution in [0.1, 0.15) is 124 Å². The molecule has 30 heteroatoms. The van der Waals surface area contributed by atoms with Gasteiger partial charge < -0.3 is 41.1 Å². The highest BCUT2D eigenvalue weighted by atomic mass is 79.9. The maximum Gasteiger partial charge on any atom is 0.270 e.